The highest BCUT2D eigenvalue weighted by Crippen LogP contribution is 2.36. The second kappa shape index (κ2) is 9.06. The Kier molecular flexibility index (Phi) is 8.17. The van der Waals surface area contributed by atoms with E-state index in [0.29, 0.717) is 18.8 Å². The molecule has 0 fully saturated rings. The van der Waals surface area contributed by atoms with Crippen LogP contribution in [0.5, 0.6) is 0 Å². The molecule has 0 amide bonds. The normalized spacial score (nSPS) is 15.7. The van der Waals surface area contributed by atoms with Gasteiger partial charge in [0.15, 0.2) is 8.32 Å². The van der Waals surface area contributed by atoms with Gasteiger partial charge in [-0.15, -0.1) is 4.72 Å². The molecule has 1 aromatic rings. The Morgan fingerprint density at radius 3 is 2.35 bits per heavy atom. The number of hydrogen-bond acceptors (Lipinski definition) is 5. The van der Waals surface area contributed by atoms with Crippen molar-refractivity contribution in [3.8, 4) is 0 Å². The zero-order valence-electron chi connectivity index (χ0n) is 17.7. The zero-order chi connectivity index (χ0) is 20.2. The first kappa shape index (κ1) is 23.4. The molecular weight excluding hydrogens is 362 g/mol. The standard InChI is InChI=1S/C19H37N3O2SSi/c1-18(2,3)25(23)22-16(14-15-10-9-11-17(20)21-15)12-13-24-26(7,8)19(4,5)6/h9-11,16,22H,12-14H2,1-8H3,(H2,20,21)/t16?,25-/m1/s1. The van der Waals surface area contributed by atoms with Crippen molar-refractivity contribution < 1.29 is 8.98 Å². The summed E-state index contributed by atoms with van der Waals surface area (Å²) >= 11 is -1.14. The van der Waals surface area contributed by atoms with E-state index in [1.165, 1.54) is 0 Å². The highest BCUT2D eigenvalue weighted by Gasteiger charge is 2.37. The smallest absolute Gasteiger partial charge is 0.191 e. The SMILES string of the molecule is CC(C)(C)[S@@+]([O-])NC(CCO[Si](C)(C)C(C)(C)C)Cc1cccc(N)n1. The molecule has 1 aromatic heterocycles. The van der Waals surface area contributed by atoms with Crippen LogP contribution in [-0.2, 0) is 22.2 Å². The second-order valence-corrected chi connectivity index (χ2v) is 16.2. The summed E-state index contributed by atoms with van der Waals surface area (Å²) in [4.78, 5) is 4.39. The summed E-state index contributed by atoms with van der Waals surface area (Å²) < 4.78 is 21.8. The molecule has 0 aromatic carbocycles. The van der Waals surface area contributed by atoms with Gasteiger partial charge in [-0.1, -0.05) is 26.8 Å². The Balaban J connectivity index is 2.77. The van der Waals surface area contributed by atoms with E-state index in [1.54, 1.807) is 6.07 Å². The van der Waals surface area contributed by atoms with E-state index < -0.39 is 19.7 Å². The number of anilines is 1. The van der Waals surface area contributed by atoms with Gasteiger partial charge in [0.2, 0.25) is 0 Å². The molecule has 0 bridgehead atoms. The van der Waals surface area contributed by atoms with Crippen molar-refractivity contribution in [2.24, 2.45) is 0 Å². The molecule has 3 N–H and O–H groups in total. The van der Waals surface area contributed by atoms with Crippen LogP contribution >= 0.6 is 0 Å². The van der Waals surface area contributed by atoms with Crippen LogP contribution < -0.4 is 10.5 Å². The predicted octanol–water partition coefficient (Wildman–Crippen LogP) is 4.04. The minimum Gasteiger partial charge on any atom is -0.598 e. The number of pyridine rings is 1. The number of nitrogen functional groups attached to an aromatic ring is 1. The molecule has 0 spiro atoms. The minimum atomic E-state index is -1.79. The van der Waals surface area contributed by atoms with Gasteiger partial charge in [-0.05, 0) is 57.5 Å². The van der Waals surface area contributed by atoms with Crippen molar-refractivity contribution in [3.63, 3.8) is 0 Å². The highest BCUT2D eigenvalue weighted by atomic mass is 32.2. The van der Waals surface area contributed by atoms with Crippen LogP contribution in [0.3, 0.4) is 0 Å². The van der Waals surface area contributed by atoms with Crippen LogP contribution in [0.1, 0.15) is 53.7 Å². The lowest BCUT2D eigenvalue weighted by Crippen LogP contribution is -2.47. The Morgan fingerprint density at radius 2 is 1.85 bits per heavy atom. The van der Waals surface area contributed by atoms with E-state index in [9.17, 15) is 4.55 Å². The average Bonchev–Trinajstić information content (AvgIpc) is 2.44. The molecule has 0 saturated heterocycles. The number of nitrogens with two attached hydrogens (primary N) is 1. The topological polar surface area (TPSA) is 83.2 Å². The summed E-state index contributed by atoms with van der Waals surface area (Å²) in [7, 11) is -1.79. The van der Waals surface area contributed by atoms with Crippen molar-refractivity contribution in [1.82, 2.24) is 9.71 Å². The largest absolute Gasteiger partial charge is 0.598 e. The Labute approximate surface area is 163 Å². The average molecular weight is 400 g/mol. The van der Waals surface area contributed by atoms with Crippen molar-refractivity contribution in [2.45, 2.75) is 83.3 Å². The van der Waals surface area contributed by atoms with E-state index in [-0.39, 0.29) is 15.8 Å². The van der Waals surface area contributed by atoms with Crippen LogP contribution in [0.15, 0.2) is 18.2 Å². The molecule has 1 rings (SSSR count). The summed E-state index contributed by atoms with van der Waals surface area (Å²) in [5.74, 6) is 0.510. The fourth-order valence-electron chi connectivity index (χ4n) is 2.07. The molecule has 1 heterocycles. The zero-order valence-corrected chi connectivity index (χ0v) is 19.5. The molecule has 5 nitrogen and oxygen atoms in total. The van der Waals surface area contributed by atoms with Crippen LogP contribution in [0, 0.1) is 0 Å². The number of hydrogen-bond donors (Lipinski definition) is 2. The second-order valence-electron chi connectivity index (χ2n) is 9.35. The molecule has 1 unspecified atom stereocenters. The molecule has 7 heteroatoms. The molecule has 26 heavy (non-hydrogen) atoms. The van der Waals surface area contributed by atoms with Gasteiger partial charge in [0.1, 0.15) is 10.6 Å². The lowest BCUT2D eigenvalue weighted by Gasteiger charge is -2.36. The summed E-state index contributed by atoms with van der Waals surface area (Å²) in [5, 5.41) is 0.180. The van der Waals surface area contributed by atoms with E-state index in [4.69, 9.17) is 10.2 Å². The fourth-order valence-corrected chi connectivity index (χ4v) is 3.99. The summed E-state index contributed by atoms with van der Waals surface area (Å²) in [6, 6.07) is 5.66. The van der Waals surface area contributed by atoms with Crippen molar-refractivity contribution >= 4 is 25.5 Å². The third-order valence-corrected chi connectivity index (χ3v) is 11.0. The molecule has 0 aliphatic carbocycles. The van der Waals surface area contributed by atoms with Gasteiger partial charge >= 0.3 is 0 Å². The van der Waals surface area contributed by atoms with E-state index in [2.05, 4.69) is 43.6 Å². The van der Waals surface area contributed by atoms with E-state index in [0.717, 1.165) is 12.1 Å². The summed E-state index contributed by atoms with van der Waals surface area (Å²) in [6.07, 6.45) is 1.46. The van der Waals surface area contributed by atoms with Crippen LogP contribution in [-0.4, -0.2) is 35.2 Å². The van der Waals surface area contributed by atoms with Gasteiger partial charge in [0.25, 0.3) is 0 Å². The third kappa shape index (κ3) is 7.56. The fraction of sp³-hybridized carbons (Fsp3) is 0.737. The van der Waals surface area contributed by atoms with Gasteiger partial charge in [0.05, 0.1) is 6.04 Å². The molecule has 0 radical (unpaired) electrons. The maximum absolute atomic E-state index is 12.6. The lowest BCUT2D eigenvalue weighted by molar-refractivity contribution is 0.267. The highest BCUT2D eigenvalue weighted by molar-refractivity contribution is 7.90. The first-order valence-electron chi connectivity index (χ1n) is 9.26. The van der Waals surface area contributed by atoms with Gasteiger partial charge in [-0.25, -0.2) is 4.98 Å². The Hall–Kier alpha value is -0.603. The maximum atomic E-state index is 12.6. The van der Waals surface area contributed by atoms with Crippen LogP contribution in [0.2, 0.25) is 18.1 Å². The van der Waals surface area contributed by atoms with Crippen molar-refractivity contribution in [3.05, 3.63) is 23.9 Å². The lowest BCUT2D eigenvalue weighted by atomic mass is 10.1. The molecular formula is C19H37N3O2SSi. The molecule has 0 saturated carbocycles. The molecule has 2 atom stereocenters. The summed E-state index contributed by atoms with van der Waals surface area (Å²) in [5.41, 5.74) is 6.70. The minimum absolute atomic E-state index is 0.0223. The van der Waals surface area contributed by atoms with Crippen LogP contribution in [0.4, 0.5) is 5.82 Å². The van der Waals surface area contributed by atoms with Gasteiger partial charge in [-0.2, -0.15) is 0 Å². The van der Waals surface area contributed by atoms with Crippen molar-refractivity contribution in [2.75, 3.05) is 12.3 Å². The third-order valence-electron chi connectivity index (χ3n) is 4.85. The quantitative estimate of drug-likeness (QED) is 0.509. The Morgan fingerprint density at radius 1 is 1.23 bits per heavy atom. The van der Waals surface area contributed by atoms with E-state index >= 15 is 0 Å². The number of rotatable bonds is 8. The van der Waals surface area contributed by atoms with Gasteiger partial charge in [0, 0.05) is 30.1 Å². The molecule has 150 valence electrons. The number of nitrogens with one attached hydrogen (secondary N) is 1. The van der Waals surface area contributed by atoms with Crippen molar-refractivity contribution in [1.29, 1.82) is 0 Å². The van der Waals surface area contributed by atoms with Gasteiger partial charge in [-0.3, -0.25) is 0 Å². The molecule has 0 aliphatic heterocycles. The first-order chi connectivity index (χ1) is 11.7. The summed E-state index contributed by atoms with van der Waals surface area (Å²) in [6.45, 7) is 17.8. The van der Waals surface area contributed by atoms with E-state index in [1.807, 2.05) is 32.9 Å². The van der Waals surface area contributed by atoms with Gasteiger partial charge < -0.3 is 14.7 Å². The monoisotopic (exact) mass is 399 g/mol. The van der Waals surface area contributed by atoms with Crippen LogP contribution in [0.25, 0.3) is 0 Å². The molecule has 0 aliphatic rings. The maximum Gasteiger partial charge on any atom is 0.191 e. The first-order valence-corrected chi connectivity index (χ1v) is 13.3. The predicted molar refractivity (Wildman–Crippen MR) is 115 cm³/mol. The number of nitrogens with zero attached hydrogens (tertiary/aromatic N) is 1. The number of aromatic nitrogens is 1. The Bertz CT molecular complexity index is 571.